The second kappa shape index (κ2) is 9.19. The average molecular weight is 459 g/mol. The lowest BCUT2D eigenvalue weighted by molar-refractivity contribution is -0.122. The van der Waals surface area contributed by atoms with E-state index in [1.165, 1.54) is 16.9 Å². The third-order valence-corrected chi connectivity index (χ3v) is 6.91. The molecule has 1 fully saturated rings. The highest BCUT2D eigenvalue weighted by molar-refractivity contribution is 7.20. The third-order valence-electron chi connectivity index (χ3n) is 5.80. The van der Waals surface area contributed by atoms with Crippen LogP contribution in [0, 0.1) is 12.8 Å². The first-order valence-corrected chi connectivity index (χ1v) is 12.1. The number of hydrogen-bond donors (Lipinski definition) is 2. The van der Waals surface area contributed by atoms with Crippen LogP contribution in [0.2, 0.25) is 0 Å². The number of hydrogen-bond acceptors (Lipinski definition) is 4. The zero-order valence-corrected chi connectivity index (χ0v) is 19.3. The Morgan fingerprint density at radius 2 is 1.76 bits per heavy atom. The van der Waals surface area contributed by atoms with Crippen LogP contribution in [-0.2, 0) is 4.79 Å². The lowest BCUT2D eigenvalue weighted by Gasteiger charge is -2.06. The fourth-order valence-corrected chi connectivity index (χ4v) is 4.82. The van der Waals surface area contributed by atoms with Crippen molar-refractivity contribution in [2.24, 2.45) is 5.92 Å². The molecule has 5 rings (SSSR count). The van der Waals surface area contributed by atoms with E-state index in [1.807, 2.05) is 53.2 Å². The molecule has 6 nitrogen and oxygen atoms in total. The van der Waals surface area contributed by atoms with E-state index in [0.29, 0.717) is 24.4 Å². The number of nitrogens with zero attached hydrogens (tertiary/aromatic N) is 2. The summed E-state index contributed by atoms with van der Waals surface area (Å²) in [5.41, 5.74) is 4.03. The molecule has 0 unspecified atom stereocenters. The maximum atomic E-state index is 12.9. The molecule has 0 spiro atoms. The summed E-state index contributed by atoms with van der Waals surface area (Å²) in [4.78, 5) is 26.2. The van der Waals surface area contributed by atoms with Crippen LogP contribution in [0.15, 0.2) is 60.7 Å². The molecule has 2 aromatic heterocycles. The van der Waals surface area contributed by atoms with Crippen molar-refractivity contribution in [3.05, 3.63) is 71.1 Å². The molecule has 2 N–H and O–H groups in total. The van der Waals surface area contributed by atoms with Crippen LogP contribution in [0.1, 0.15) is 34.5 Å². The number of carbonyl (C=O) groups is 2. The second-order valence-corrected chi connectivity index (χ2v) is 9.50. The molecule has 0 saturated heterocycles. The van der Waals surface area contributed by atoms with Crippen LogP contribution in [0.5, 0.6) is 0 Å². The smallest absolute Gasteiger partial charge is 0.261 e. The van der Waals surface area contributed by atoms with Gasteiger partial charge in [-0.1, -0.05) is 48.0 Å². The molecule has 0 bridgehead atoms. The van der Waals surface area contributed by atoms with Crippen LogP contribution in [0.4, 0.5) is 0 Å². The Balaban J connectivity index is 1.36. The molecule has 33 heavy (non-hydrogen) atoms. The SMILES string of the molecule is Cc1ccc(-n2nc(-c3ccccc3)c3cc(C(=O)NCCCNC(=O)C4CC4)sc32)cc1. The first-order chi connectivity index (χ1) is 16.1. The monoisotopic (exact) mass is 458 g/mol. The Kier molecular flexibility index (Phi) is 5.96. The Bertz CT molecular complexity index is 1290. The van der Waals surface area contributed by atoms with Crippen LogP contribution in [-0.4, -0.2) is 34.7 Å². The summed E-state index contributed by atoms with van der Waals surface area (Å²) < 4.78 is 1.92. The lowest BCUT2D eigenvalue weighted by Crippen LogP contribution is -2.30. The number of fused-ring (bicyclic) bond motifs is 1. The maximum absolute atomic E-state index is 12.9. The highest BCUT2D eigenvalue weighted by atomic mass is 32.1. The van der Waals surface area contributed by atoms with Crippen molar-refractivity contribution in [2.75, 3.05) is 13.1 Å². The van der Waals surface area contributed by atoms with Gasteiger partial charge in [0.1, 0.15) is 10.5 Å². The van der Waals surface area contributed by atoms with Gasteiger partial charge in [0.25, 0.3) is 5.91 Å². The van der Waals surface area contributed by atoms with Gasteiger partial charge in [-0.3, -0.25) is 9.59 Å². The Labute approximate surface area is 196 Å². The summed E-state index contributed by atoms with van der Waals surface area (Å²) in [7, 11) is 0. The molecule has 0 radical (unpaired) electrons. The van der Waals surface area contributed by atoms with E-state index in [1.54, 1.807) is 0 Å². The number of carbonyl (C=O) groups excluding carboxylic acids is 2. The first-order valence-electron chi connectivity index (χ1n) is 11.3. The molecular formula is C26H26N4O2S. The molecule has 0 aliphatic heterocycles. The molecule has 1 saturated carbocycles. The number of aryl methyl sites for hydroxylation is 1. The van der Waals surface area contributed by atoms with Crippen LogP contribution < -0.4 is 10.6 Å². The van der Waals surface area contributed by atoms with E-state index in [9.17, 15) is 9.59 Å². The van der Waals surface area contributed by atoms with Crippen molar-refractivity contribution in [1.82, 2.24) is 20.4 Å². The van der Waals surface area contributed by atoms with E-state index >= 15 is 0 Å². The van der Waals surface area contributed by atoms with Gasteiger partial charge in [0.05, 0.1) is 10.6 Å². The van der Waals surface area contributed by atoms with Crippen molar-refractivity contribution in [3.8, 4) is 16.9 Å². The van der Waals surface area contributed by atoms with Gasteiger partial charge in [-0.2, -0.15) is 5.10 Å². The summed E-state index contributed by atoms with van der Waals surface area (Å²) in [5, 5.41) is 11.8. The van der Waals surface area contributed by atoms with Gasteiger partial charge in [-0.05, 0) is 44.4 Å². The fourth-order valence-electron chi connectivity index (χ4n) is 3.77. The van der Waals surface area contributed by atoms with E-state index in [4.69, 9.17) is 5.10 Å². The molecule has 0 atom stereocenters. The fraction of sp³-hybridized carbons (Fsp3) is 0.269. The molecule has 1 aliphatic carbocycles. The Morgan fingerprint density at radius 3 is 2.48 bits per heavy atom. The van der Waals surface area contributed by atoms with Gasteiger partial charge in [0, 0.05) is 30.0 Å². The van der Waals surface area contributed by atoms with Gasteiger partial charge < -0.3 is 10.6 Å². The van der Waals surface area contributed by atoms with Crippen LogP contribution in [0.3, 0.4) is 0 Å². The quantitative estimate of drug-likeness (QED) is 0.376. The summed E-state index contributed by atoms with van der Waals surface area (Å²) >= 11 is 1.45. The average Bonchev–Trinajstić information content (AvgIpc) is 3.50. The summed E-state index contributed by atoms with van der Waals surface area (Å²) in [6.07, 6.45) is 2.71. The van der Waals surface area contributed by atoms with Crippen molar-refractivity contribution in [3.63, 3.8) is 0 Å². The van der Waals surface area contributed by atoms with Gasteiger partial charge >= 0.3 is 0 Å². The topological polar surface area (TPSA) is 76.0 Å². The van der Waals surface area contributed by atoms with Gasteiger partial charge in [-0.15, -0.1) is 11.3 Å². The largest absolute Gasteiger partial charge is 0.356 e. The minimum Gasteiger partial charge on any atom is -0.356 e. The minimum absolute atomic E-state index is 0.0980. The van der Waals surface area contributed by atoms with E-state index < -0.39 is 0 Å². The highest BCUT2D eigenvalue weighted by Gasteiger charge is 2.29. The Hall–Kier alpha value is -3.45. The molecule has 2 aromatic carbocycles. The highest BCUT2D eigenvalue weighted by Crippen LogP contribution is 2.35. The number of benzene rings is 2. The second-order valence-electron chi connectivity index (χ2n) is 8.47. The van der Waals surface area contributed by atoms with Crippen LogP contribution in [0.25, 0.3) is 27.2 Å². The number of amides is 2. The van der Waals surface area contributed by atoms with Crippen molar-refractivity contribution in [2.45, 2.75) is 26.2 Å². The Morgan fingerprint density at radius 1 is 1.03 bits per heavy atom. The molecule has 168 valence electrons. The molecule has 4 aromatic rings. The molecule has 2 heterocycles. The molecular weight excluding hydrogens is 432 g/mol. The van der Waals surface area contributed by atoms with Crippen molar-refractivity contribution in [1.29, 1.82) is 0 Å². The predicted molar refractivity (Wildman–Crippen MR) is 132 cm³/mol. The van der Waals surface area contributed by atoms with E-state index in [2.05, 4.69) is 29.7 Å². The molecule has 1 aliphatic rings. The number of nitrogens with one attached hydrogen (secondary N) is 2. The van der Waals surface area contributed by atoms with Crippen molar-refractivity contribution >= 4 is 33.4 Å². The first kappa shape index (κ1) is 21.4. The predicted octanol–water partition coefficient (Wildman–Crippen LogP) is 4.71. The van der Waals surface area contributed by atoms with Crippen molar-refractivity contribution < 1.29 is 9.59 Å². The zero-order valence-electron chi connectivity index (χ0n) is 18.5. The van der Waals surface area contributed by atoms with Gasteiger partial charge in [-0.25, -0.2) is 4.68 Å². The number of aromatic nitrogens is 2. The molecule has 7 heteroatoms. The van der Waals surface area contributed by atoms with E-state index in [0.717, 1.165) is 40.0 Å². The zero-order chi connectivity index (χ0) is 22.8. The summed E-state index contributed by atoms with van der Waals surface area (Å²) in [6, 6.07) is 20.2. The minimum atomic E-state index is -0.0980. The summed E-state index contributed by atoms with van der Waals surface area (Å²) in [6.45, 7) is 3.17. The van der Waals surface area contributed by atoms with Gasteiger partial charge in [0.15, 0.2) is 0 Å². The standard InChI is InChI=1S/C26H26N4O2S/c1-17-8-12-20(13-9-17)30-26-21(23(29-30)18-6-3-2-4-7-18)16-22(33-26)25(32)28-15-5-14-27-24(31)19-10-11-19/h2-4,6-9,12-13,16,19H,5,10-11,14-15H2,1H3,(H,27,31)(H,28,32). The van der Waals surface area contributed by atoms with Crippen LogP contribution >= 0.6 is 11.3 Å². The normalized spacial score (nSPS) is 13.2. The lowest BCUT2D eigenvalue weighted by atomic mass is 10.1. The number of thiophene rings is 1. The molecule has 2 amide bonds. The number of rotatable bonds is 8. The summed E-state index contributed by atoms with van der Waals surface area (Å²) in [5.74, 6) is 0.254. The van der Waals surface area contributed by atoms with Gasteiger partial charge in [0.2, 0.25) is 5.91 Å². The van der Waals surface area contributed by atoms with E-state index in [-0.39, 0.29) is 17.7 Å². The third kappa shape index (κ3) is 4.68. The maximum Gasteiger partial charge on any atom is 0.261 e.